The first-order chi connectivity index (χ1) is 14.5. The average molecular weight is 404 g/mol. The van der Waals surface area contributed by atoms with Crippen LogP contribution in [0.15, 0.2) is 72.8 Å². The molecule has 3 aromatic rings. The van der Waals surface area contributed by atoms with E-state index >= 15 is 0 Å². The summed E-state index contributed by atoms with van der Waals surface area (Å²) in [5.74, 6) is -1.61. The summed E-state index contributed by atoms with van der Waals surface area (Å²) in [5, 5.41) is 16.5. The molecule has 3 rings (SSSR count). The standard InChI is InChI=1S/C24H24N2O4/c27-22(11-6-12-23(28)29)26-21(15-17-7-2-1-3-8-17)24(30)25-20-14-13-18-9-4-5-10-19(18)16-20/h1-5,7-10,13-14,16,21H,6,11-12,15H2,(H,25,30)(H,26,27)(H,28,29)/t21-/m0/s1. The normalized spacial score (nSPS) is 11.6. The summed E-state index contributed by atoms with van der Waals surface area (Å²) in [6.45, 7) is 0. The highest BCUT2D eigenvalue weighted by atomic mass is 16.4. The Morgan fingerprint density at radius 1 is 0.833 bits per heavy atom. The van der Waals surface area contributed by atoms with Crippen molar-refractivity contribution in [2.45, 2.75) is 31.7 Å². The van der Waals surface area contributed by atoms with Crippen molar-refractivity contribution in [2.24, 2.45) is 0 Å². The Morgan fingerprint density at radius 2 is 1.53 bits per heavy atom. The van der Waals surface area contributed by atoms with Gasteiger partial charge in [-0.05, 0) is 34.9 Å². The molecule has 0 aromatic heterocycles. The fourth-order valence-corrected chi connectivity index (χ4v) is 3.22. The Kier molecular flexibility index (Phi) is 7.16. The van der Waals surface area contributed by atoms with Gasteiger partial charge in [-0.1, -0.05) is 60.7 Å². The molecule has 3 N–H and O–H groups in total. The smallest absolute Gasteiger partial charge is 0.303 e. The fourth-order valence-electron chi connectivity index (χ4n) is 3.22. The molecule has 0 aliphatic rings. The highest BCUT2D eigenvalue weighted by Gasteiger charge is 2.21. The molecule has 0 fully saturated rings. The molecule has 6 nitrogen and oxygen atoms in total. The van der Waals surface area contributed by atoms with Gasteiger partial charge in [-0.3, -0.25) is 14.4 Å². The maximum atomic E-state index is 13.0. The van der Waals surface area contributed by atoms with Gasteiger partial charge in [0.05, 0.1) is 0 Å². The van der Waals surface area contributed by atoms with Crippen LogP contribution in [0.3, 0.4) is 0 Å². The van der Waals surface area contributed by atoms with E-state index < -0.39 is 12.0 Å². The number of aliphatic carboxylic acids is 1. The summed E-state index contributed by atoms with van der Waals surface area (Å²) in [6.07, 6.45) is 0.539. The minimum Gasteiger partial charge on any atom is -0.481 e. The predicted molar refractivity (Wildman–Crippen MR) is 116 cm³/mol. The van der Waals surface area contributed by atoms with Gasteiger partial charge >= 0.3 is 5.97 Å². The number of rotatable bonds is 9. The molecule has 3 aromatic carbocycles. The highest BCUT2D eigenvalue weighted by molar-refractivity contribution is 5.99. The molecule has 2 amide bonds. The zero-order valence-electron chi connectivity index (χ0n) is 16.5. The molecule has 0 radical (unpaired) electrons. The topological polar surface area (TPSA) is 95.5 Å². The number of benzene rings is 3. The third kappa shape index (κ3) is 6.17. The van der Waals surface area contributed by atoms with Crippen LogP contribution < -0.4 is 10.6 Å². The Hall–Kier alpha value is -3.67. The molecule has 154 valence electrons. The van der Waals surface area contributed by atoms with E-state index in [9.17, 15) is 14.4 Å². The fraction of sp³-hybridized carbons (Fsp3) is 0.208. The summed E-state index contributed by atoms with van der Waals surface area (Å²) in [5.41, 5.74) is 1.57. The number of hydrogen-bond acceptors (Lipinski definition) is 3. The lowest BCUT2D eigenvalue weighted by atomic mass is 10.0. The first-order valence-electron chi connectivity index (χ1n) is 9.86. The Bertz CT molecular complexity index is 1030. The van der Waals surface area contributed by atoms with E-state index in [1.807, 2.05) is 72.8 Å². The molecule has 0 saturated carbocycles. The molecule has 0 bridgehead atoms. The van der Waals surface area contributed by atoms with E-state index in [-0.39, 0.29) is 31.1 Å². The van der Waals surface area contributed by atoms with Crippen LogP contribution in [0.5, 0.6) is 0 Å². The first kappa shape index (κ1) is 21.0. The zero-order valence-corrected chi connectivity index (χ0v) is 16.5. The van der Waals surface area contributed by atoms with Crippen molar-refractivity contribution in [2.75, 3.05) is 5.32 Å². The van der Waals surface area contributed by atoms with Crippen LogP contribution >= 0.6 is 0 Å². The van der Waals surface area contributed by atoms with Crippen molar-refractivity contribution in [3.63, 3.8) is 0 Å². The summed E-state index contributed by atoms with van der Waals surface area (Å²) < 4.78 is 0. The molecule has 0 unspecified atom stereocenters. The number of carbonyl (C=O) groups excluding carboxylic acids is 2. The second kappa shape index (κ2) is 10.2. The molecule has 30 heavy (non-hydrogen) atoms. The first-order valence-corrected chi connectivity index (χ1v) is 9.86. The third-order valence-corrected chi connectivity index (χ3v) is 4.75. The van der Waals surface area contributed by atoms with Crippen LogP contribution in [0.4, 0.5) is 5.69 Å². The molecule has 0 saturated heterocycles. The van der Waals surface area contributed by atoms with Gasteiger partial charge in [-0.2, -0.15) is 0 Å². The third-order valence-electron chi connectivity index (χ3n) is 4.75. The monoisotopic (exact) mass is 404 g/mol. The number of amides is 2. The van der Waals surface area contributed by atoms with E-state index in [0.717, 1.165) is 16.3 Å². The van der Waals surface area contributed by atoms with Crippen molar-refractivity contribution in [3.8, 4) is 0 Å². The lowest BCUT2D eigenvalue weighted by Gasteiger charge is -2.19. The highest BCUT2D eigenvalue weighted by Crippen LogP contribution is 2.19. The molecule has 1 atom stereocenters. The molecule has 0 aliphatic heterocycles. The maximum absolute atomic E-state index is 13.0. The molecule has 0 heterocycles. The number of fused-ring (bicyclic) bond motifs is 1. The van der Waals surface area contributed by atoms with Gasteiger partial charge in [0.2, 0.25) is 11.8 Å². The van der Waals surface area contributed by atoms with Crippen LogP contribution in [-0.2, 0) is 20.8 Å². The van der Waals surface area contributed by atoms with Crippen LogP contribution in [-0.4, -0.2) is 28.9 Å². The second-order valence-corrected chi connectivity index (χ2v) is 7.11. The maximum Gasteiger partial charge on any atom is 0.303 e. The number of carboxylic acids is 1. The van der Waals surface area contributed by atoms with Gasteiger partial charge in [0, 0.05) is 24.9 Å². The summed E-state index contributed by atoms with van der Waals surface area (Å²) in [7, 11) is 0. The minimum atomic E-state index is -0.947. The average Bonchev–Trinajstić information content (AvgIpc) is 2.73. The van der Waals surface area contributed by atoms with Gasteiger partial charge in [-0.15, -0.1) is 0 Å². The van der Waals surface area contributed by atoms with Gasteiger partial charge in [0.1, 0.15) is 6.04 Å². The molecule has 0 spiro atoms. The SMILES string of the molecule is O=C(O)CCCC(=O)N[C@@H](Cc1ccccc1)C(=O)Nc1ccc2ccccc2c1. The number of carbonyl (C=O) groups is 3. The summed E-state index contributed by atoms with van der Waals surface area (Å²) in [4.78, 5) is 35.9. The van der Waals surface area contributed by atoms with E-state index in [2.05, 4.69) is 10.6 Å². The molecular weight excluding hydrogens is 380 g/mol. The number of anilines is 1. The molecule has 0 aliphatic carbocycles. The van der Waals surface area contributed by atoms with Gasteiger partial charge in [-0.25, -0.2) is 0 Å². The van der Waals surface area contributed by atoms with Crippen molar-refractivity contribution in [1.29, 1.82) is 0 Å². The largest absolute Gasteiger partial charge is 0.481 e. The lowest BCUT2D eigenvalue weighted by molar-refractivity contribution is -0.137. The van der Waals surface area contributed by atoms with E-state index in [0.29, 0.717) is 12.1 Å². The van der Waals surface area contributed by atoms with Crippen LogP contribution in [0.25, 0.3) is 10.8 Å². The second-order valence-electron chi connectivity index (χ2n) is 7.11. The van der Waals surface area contributed by atoms with Gasteiger partial charge in [0.15, 0.2) is 0 Å². The zero-order chi connectivity index (χ0) is 21.3. The summed E-state index contributed by atoms with van der Waals surface area (Å²) >= 11 is 0. The van der Waals surface area contributed by atoms with E-state index in [1.54, 1.807) is 0 Å². The molecular formula is C24H24N2O4. The number of nitrogens with one attached hydrogen (secondary N) is 2. The van der Waals surface area contributed by atoms with Crippen LogP contribution in [0.2, 0.25) is 0 Å². The number of hydrogen-bond donors (Lipinski definition) is 3. The molecule has 6 heteroatoms. The van der Waals surface area contributed by atoms with Crippen molar-refractivity contribution in [3.05, 3.63) is 78.4 Å². The van der Waals surface area contributed by atoms with Crippen molar-refractivity contribution < 1.29 is 19.5 Å². The van der Waals surface area contributed by atoms with Crippen molar-refractivity contribution in [1.82, 2.24) is 5.32 Å². The van der Waals surface area contributed by atoms with Gasteiger partial charge < -0.3 is 15.7 Å². The van der Waals surface area contributed by atoms with Gasteiger partial charge in [0.25, 0.3) is 0 Å². The number of carboxylic acid groups (broad SMARTS) is 1. The Morgan fingerprint density at radius 3 is 2.27 bits per heavy atom. The van der Waals surface area contributed by atoms with E-state index in [4.69, 9.17) is 5.11 Å². The van der Waals surface area contributed by atoms with E-state index in [1.165, 1.54) is 0 Å². The lowest BCUT2D eigenvalue weighted by Crippen LogP contribution is -2.45. The summed E-state index contributed by atoms with van der Waals surface area (Å²) in [6, 6.07) is 22.2. The Balaban J connectivity index is 1.71. The van der Waals surface area contributed by atoms with Crippen LogP contribution in [0.1, 0.15) is 24.8 Å². The van der Waals surface area contributed by atoms with Crippen LogP contribution in [0, 0.1) is 0 Å². The Labute approximate surface area is 174 Å². The quantitative estimate of drug-likeness (QED) is 0.506. The van der Waals surface area contributed by atoms with Crippen molar-refractivity contribution >= 4 is 34.2 Å². The predicted octanol–water partition coefficient (Wildman–Crippen LogP) is 3.76. The minimum absolute atomic E-state index is 0.0564.